The van der Waals surface area contributed by atoms with Crippen LogP contribution in [0.1, 0.15) is 59.8 Å². The van der Waals surface area contributed by atoms with Crippen LogP contribution in [0.5, 0.6) is 0 Å². The topological polar surface area (TPSA) is 40.9 Å². The molecule has 0 aromatic rings. The summed E-state index contributed by atoms with van der Waals surface area (Å²) in [5.74, 6) is 0.646. The Kier molecular flexibility index (Phi) is 3.78. The van der Waals surface area contributed by atoms with Gasteiger partial charge in [0.15, 0.2) is 5.78 Å². The zero-order valence-corrected chi connectivity index (χ0v) is 11.0. The van der Waals surface area contributed by atoms with Crippen molar-refractivity contribution in [3.63, 3.8) is 0 Å². The molecule has 0 aromatic carbocycles. The molecule has 0 spiro atoms. The van der Waals surface area contributed by atoms with Crippen LogP contribution in [0.15, 0.2) is 0 Å². The fourth-order valence-electron chi connectivity index (χ4n) is 2.94. The molecule has 2 heteroatoms. The molecule has 2 atom stereocenters. The Labute approximate surface area is 99.0 Å². The van der Waals surface area contributed by atoms with Crippen molar-refractivity contribution < 1.29 is 4.79 Å². The molecule has 0 N–H and O–H groups in total. The summed E-state index contributed by atoms with van der Waals surface area (Å²) >= 11 is 0. The third-order valence-electron chi connectivity index (χ3n) is 3.92. The Hall–Kier alpha value is -0.840. The van der Waals surface area contributed by atoms with Crippen LogP contribution < -0.4 is 0 Å². The zero-order chi connectivity index (χ0) is 12.4. The molecule has 0 aromatic heterocycles. The molecule has 1 fully saturated rings. The highest BCUT2D eigenvalue weighted by molar-refractivity contribution is 5.94. The first kappa shape index (κ1) is 13.2. The number of Topliss-reactive ketones (excluding diaryl/α,β-unsaturated/α-hetero) is 1. The van der Waals surface area contributed by atoms with E-state index >= 15 is 0 Å². The highest BCUT2D eigenvalue weighted by Gasteiger charge is 2.52. The minimum atomic E-state index is -0.682. The quantitative estimate of drug-likeness (QED) is 0.726. The smallest absolute Gasteiger partial charge is 0.158 e. The van der Waals surface area contributed by atoms with Crippen LogP contribution in [0, 0.1) is 28.1 Å². The van der Waals surface area contributed by atoms with Gasteiger partial charge >= 0.3 is 0 Å². The second-order valence-corrected chi connectivity index (χ2v) is 6.00. The Morgan fingerprint density at radius 2 is 2.06 bits per heavy atom. The molecule has 1 aliphatic carbocycles. The summed E-state index contributed by atoms with van der Waals surface area (Å²) in [7, 11) is 0. The second-order valence-electron chi connectivity index (χ2n) is 6.00. The van der Waals surface area contributed by atoms with Crippen molar-refractivity contribution in [2.45, 2.75) is 59.8 Å². The minimum Gasteiger partial charge on any atom is -0.297 e. The van der Waals surface area contributed by atoms with Crippen LogP contribution in [-0.4, -0.2) is 5.78 Å². The van der Waals surface area contributed by atoms with Gasteiger partial charge in [0.2, 0.25) is 0 Å². The monoisotopic (exact) mass is 221 g/mol. The van der Waals surface area contributed by atoms with Crippen LogP contribution in [0.4, 0.5) is 0 Å². The van der Waals surface area contributed by atoms with E-state index in [9.17, 15) is 10.1 Å². The molecule has 0 aliphatic heterocycles. The van der Waals surface area contributed by atoms with E-state index in [2.05, 4.69) is 19.9 Å². The Morgan fingerprint density at radius 3 is 2.44 bits per heavy atom. The van der Waals surface area contributed by atoms with Gasteiger partial charge < -0.3 is 0 Å². The van der Waals surface area contributed by atoms with Crippen molar-refractivity contribution in [3.05, 3.63) is 0 Å². The third-order valence-corrected chi connectivity index (χ3v) is 3.92. The summed E-state index contributed by atoms with van der Waals surface area (Å²) in [5, 5.41) is 9.37. The van der Waals surface area contributed by atoms with Gasteiger partial charge in [0.25, 0.3) is 0 Å². The van der Waals surface area contributed by atoms with E-state index < -0.39 is 5.41 Å². The van der Waals surface area contributed by atoms with Gasteiger partial charge in [-0.2, -0.15) is 5.26 Å². The number of carbonyl (C=O) groups excluding carboxylic acids is 1. The molecular formula is C14H23NO. The number of carbonyl (C=O) groups is 1. The minimum absolute atomic E-state index is 0.172. The molecule has 90 valence electrons. The summed E-state index contributed by atoms with van der Waals surface area (Å²) in [6, 6.07) is 2.32. The number of hydrogen-bond acceptors (Lipinski definition) is 2. The van der Waals surface area contributed by atoms with Crippen LogP contribution in [0.3, 0.4) is 0 Å². The van der Waals surface area contributed by atoms with E-state index in [4.69, 9.17) is 0 Å². The highest BCUT2D eigenvalue weighted by atomic mass is 16.1. The van der Waals surface area contributed by atoms with Gasteiger partial charge in [-0.25, -0.2) is 0 Å². The van der Waals surface area contributed by atoms with Gasteiger partial charge in [0.05, 0.1) is 6.07 Å². The standard InChI is InChI=1S/C14H23NO/c1-5-6-11(2)9-14(10-15)8-7-13(3,4)12(14)16/h11H,5-9H2,1-4H3. The number of nitriles is 1. The highest BCUT2D eigenvalue weighted by Crippen LogP contribution is 2.49. The zero-order valence-electron chi connectivity index (χ0n) is 11.0. The Balaban J connectivity index is 2.82. The van der Waals surface area contributed by atoms with Crippen LogP contribution >= 0.6 is 0 Å². The lowest BCUT2D eigenvalue weighted by Gasteiger charge is -2.25. The maximum Gasteiger partial charge on any atom is 0.158 e. The van der Waals surface area contributed by atoms with Gasteiger partial charge in [-0.1, -0.05) is 40.5 Å². The molecule has 1 rings (SSSR count). The molecule has 1 aliphatic rings. The predicted octanol–water partition coefficient (Wildman–Crippen LogP) is 3.71. The maximum absolute atomic E-state index is 12.3. The first-order valence-electron chi connectivity index (χ1n) is 6.34. The number of ketones is 1. The van der Waals surface area contributed by atoms with Gasteiger partial charge in [-0.3, -0.25) is 4.79 Å². The summed E-state index contributed by atoms with van der Waals surface area (Å²) in [6.45, 7) is 8.25. The van der Waals surface area contributed by atoms with E-state index in [1.807, 2.05) is 13.8 Å². The summed E-state index contributed by atoms with van der Waals surface area (Å²) in [4.78, 5) is 12.3. The fraction of sp³-hybridized carbons (Fsp3) is 0.857. The second kappa shape index (κ2) is 4.57. The molecule has 0 saturated heterocycles. The predicted molar refractivity (Wildman–Crippen MR) is 64.8 cm³/mol. The molecule has 2 nitrogen and oxygen atoms in total. The van der Waals surface area contributed by atoms with Crippen molar-refractivity contribution >= 4 is 5.78 Å². The lowest BCUT2D eigenvalue weighted by atomic mass is 9.75. The van der Waals surface area contributed by atoms with Crippen molar-refractivity contribution in [1.82, 2.24) is 0 Å². The van der Waals surface area contributed by atoms with Crippen LogP contribution in [0.25, 0.3) is 0 Å². The molecule has 2 unspecified atom stereocenters. The van der Waals surface area contributed by atoms with Gasteiger partial charge in [0.1, 0.15) is 5.41 Å². The molecule has 1 saturated carbocycles. The lowest BCUT2D eigenvalue weighted by molar-refractivity contribution is -0.130. The van der Waals surface area contributed by atoms with E-state index in [0.29, 0.717) is 5.92 Å². The fourth-order valence-corrected chi connectivity index (χ4v) is 2.94. The van der Waals surface area contributed by atoms with Gasteiger partial charge in [0, 0.05) is 5.41 Å². The molecule has 0 amide bonds. The average molecular weight is 221 g/mol. The SMILES string of the molecule is CCCC(C)CC1(C#N)CCC(C)(C)C1=O. The van der Waals surface area contributed by atoms with Gasteiger partial charge in [-0.05, 0) is 25.2 Å². The average Bonchev–Trinajstić information content (AvgIpc) is 2.44. The van der Waals surface area contributed by atoms with E-state index in [0.717, 1.165) is 32.1 Å². The van der Waals surface area contributed by atoms with E-state index in [1.165, 1.54) is 0 Å². The summed E-state index contributed by atoms with van der Waals surface area (Å²) in [5.41, 5.74) is -0.972. The van der Waals surface area contributed by atoms with Crippen molar-refractivity contribution in [2.24, 2.45) is 16.7 Å². The van der Waals surface area contributed by atoms with Crippen LogP contribution in [-0.2, 0) is 4.79 Å². The third kappa shape index (κ3) is 2.29. The summed E-state index contributed by atoms with van der Waals surface area (Å²) in [6.07, 6.45) is 4.60. The Morgan fingerprint density at radius 1 is 1.44 bits per heavy atom. The molecule has 16 heavy (non-hydrogen) atoms. The van der Waals surface area contributed by atoms with Crippen molar-refractivity contribution in [3.8, 4) is 6.07 Å². The summed E-state index contributed by atoms with van der Waals surface area (Å²) < 4.78 is 0. The number of hydrogen-bond donors (Lipinski definition) is 0. The van der Waals surface area contributed by atoms with E-state index in [-0.39, 0.29) is 11.2 Å². The molecule has 0 heterocycles. The number of rotatable bonds is 4. The lowest BCUT2D eigenvalue weighted by Crippen LogP contribution is -2.32. The van der Waals surface area contributed by atoms with Crippen molar-refractivity contribution in [2.75, 3.05) is 0 Å². The number of nitrogens with zero attached hydrogens (tertiary/aromatic N) is 1. The molecule has 0 radical (unpaired) electrons. The molecule has 0 bridgehead atoms. The van der Waals surface area contributed by atoms with Gasteiger partial charge in [-0.15, -0.1) is 0 Å². The maximum atomic E-state index is 12.3. The normalized spacial score (nSPS) is 30.1. The molecular weight excluding hydrogens is 198 g/mol. The van der Waals surface area contributed by atoms with Crippen LogP contribution in [0.2, 0.25) is 0 Å². The van der Waals surface area contributed by atoms with Crippen molar-refractivity contribution in [1.29, 1.82) is 5.26 Å². The first-order chi connectivity index (χ1) is 7.38. The largest absolute Gasteiger partial charge is 0.297 e. The first-order valence-corrected chi connectivity index (χ1v) is 6.34. The van der Waals surface area contributed by atoms with E-state index in [1.54, 1.807) is 0 Å². The Bertz CT molecular complexity index is 313.